The van der Waals surface area contributed by atoms with Gasteiger partial charge >= 0.3 is 12.0 Å². The SMILES string of the molecule is CCCCC(CCC)NC(=O)NC(CCCC)C(=O)O. The minimum Gasteiger partial charge on any atom is -0.480 e. The van der Waals surface area contributed by atoms with Crippen molar-refractivity contribution >= 4 is 12.0 Å². The molecule has 5 nitrogen and oxygen atoms in total. The Morgan fingerprint density at radius 2 is 1.50 bits per heavy atom. The van der Waals surface area contributed by atoms with Crippen LogP contribution in [-0.2, 0) is 4.79 Å². The fourth-order valence-electron chi connectivity index (χ4n) is 2.14. The van der Waals surface area contributed by atoms with Gasteiger partial charge in [0.25, 0.3) is 0 Å². The molecule has 0 aliphatic rings. The summed E-state index contributed by atoms with van der Waals surface area (Å²) in [4.78, 5) is 23.0. The van der Waals surface area contributed by atoms with Crippen LogP contribution >= 0.6 is 0 Å². The van der Waals surface area contributed by atoms with Crippen LogP contribution in [0.3, 0.4) is 0 Å². The molecule has 2 unspecified atom stereocenters. The van der Waals surface area contributed by atoms with E-state index in [1.807, 2.05) is 6.92 Å². The van der Waals surface area contributed by atoms with Crippen LogP contribution in [0.15, 0.2) is 0 Å². The first-order valence-electron chi connectivity index (χ1n) is 7.84. The molecule has 0 aromatic carbocycles. The van der Waals surface area contributed by atoms with Gasteiger partial charge in [0.15, 0.2) is 0 Å². The van der Waals surface area contributed by atoms with Crippen molar-refractivity contribution in [3.63, 3.8) is 0 Å². The number of aliphatic carboxylic acids is 1. The van der Waals surface area contributed by atoms with Gasteiger partial charge < -0.3 is 15.7 Å². The molecule has 0 heterocycles. The van der Waals surface area contributed by atoms with E-state index >= 15 is 0 Å². The molecule has 5 heteroatoms. The number of carbonyl (C=O) groups is 2. The molecule has 0 saturated carbocycles. The van der Waals surface area contributed by atoms with Crippen molar-refractivity contribution in [3.05, 3.63) is 0 Å². The molecule has 0 aliphatic carbocycles. The molecule has 0 spiro atoms. The van der Waals surface area contributed by atoms with Gasteiger partial charge in [0.05, 0.1) is 0 Å². The van der Waals surface area contributed by atoms with Crippen molar-refractivity contribution in [1.29, 1.82) is 0 Å². The molecule has 0 aliphatic heterocycles. The standard InChI is InChI=1S/C15H30N2O3/c1-4-7-10-12(9-6-3)16-15(20)17-13(14(18)19)11-8-5-2/h12-13H,4-11H2,1-3H3,(H,18,19)(H2,16,17,20). The third kappa shape index (κ3) is 8.77. The first-order valence-corrected chi connectivity index (χ1v) is 7.84. The molecule has 2 amide bonds. The van der Waals surface area contributed by atoms with Crippen LogP contribution in [0, 0.1) is 0 Å². The van der Waals surface area contributed by atoms with Gasteiger partial charge in [-0.25, -0.2) is 9.59 Å². The Morgan fingerprint density at radius 3 is 2.00 bits per heavy atom. The monoisotopic (exact) mass is 286 g/mol. The second-order valence-corrected chi connectivity index (χ2v) is 5.28. The molecule has 0 bridgehead atoms. The van der Waals surface area contributed by atoms with E-state index in [1.165, 1.54) is 0 Å². The molecular formula is C15H30N2O3. The summed E-state index contributed by atoms with van der Waals surface area (Å²) in [6.07, 6.45) is 7.25. The zero-order valence-corrected chi connectivity index (χ0v) is 13.1. The lowest BCUT2D eigenvalue weighted by Crippen LogP contribution is -2.49. The van der Waals surface area contributed by atoms with Crippen molar-refractivity contribution in [1.82, 2.24) is 10.6 Å². The average molecular weight is 286 g/mol. The van der Waals surface area contributed by atoms with Crippen molar-refractivity contribution in [3.8, 4) is 0 Å². The predicted molar refractivity (Wildman–Crippen MR) is 80.8 cm³/mol. The number of hydrogen-bond acceptors (Lipinski definition) is 2. The first kappa shape index (κ1) is 18.7. The topological polar surface area (TPSA) is 78.4 Å². The van der Waals surface area contributed by atoms with Crippen molar-refractivity contribution < 1.29 is 14.7 Å². The number of carbonyl (C=O) groups excluding carboxylic acids is 1. The van der Waals surface area contributed by atoms with Gasteiger partial charge in [-0.15, -0.1) is 0 Å². The molecule has 3 N–H and O–H groups in total. The Bertz CT molecular complexity index is 282. The smallest absolute Gasteiger partial charge is 0.326 e. The minimum atomic E-state index is -0.964. The Kier molecular flexibility index (Phi) is 10.8. The van der Waals surface area contributed by atoms with Crippen molar-refractivity contribution in [2.24, 2.45) is 0 Å². The number of rotatable bonds is 11. The predicted octanol–water partition coefficient (Wildman–Crippen LogP) is 3.29. The molecule has 2 atom stereocenters. The Morgan fingerprint density at radius 1 is 0.900 bits per heavy atom. The van der Waals surface area contributed by atoms with Gasteiger partial charge in [-0.2, -0.15) is 0 Å². The van der Waals surface area contributed by atoms with E-state index in [-0.39, 0.29) is 12.1 Å². The van der Waals surface area contributed by atoms with Crippen LogP contribution in [0.5, 0.6) is 0 Å². The summed E-state index contributed by atoms with van der Waals surface area (Å²) in [5.41, 5.74) is 0. The van der Waals surface area contributed by atoms with Gasteiger partial charge in [-0.05, 0) is 19.3 Å². The highest BCUT2D eigenvalue weighted by molar-refractivity contribution is 5.82. The van der Waals surface area contributed by atoms with E-state index < -0.39 is 12.0 Å². The van der Waals surface area contributed by atoms with Gasteiger partial charge in [-0.3, -0.25) is 0 Å². The van der Waals surface area contributed by atoms with Crippen LogP contribution < -0.4 is 10.6 Å². The maximum atomic E-state index is 11.9. The second kappa shape index (κ2) is 11.6. The molecule has 0 rings (SSSR count). The van der Waals surface area contributed by atoms with Crippen LogP contribution in [0.1, 0.15) is 72.1 Å². The zero-order chi connectivity index (χ0) is 15.4. The number of carboxylic acid groups (broad SMARTS) is 1. The van der Waals surface area contributed by atoms with Crippen LogP contribution in [0.4, 0.5) is 4.79 Å². The molecular weight excluding hydrogens is 256 g/mol. The van der Waals surface area contributed by atoms with E-state index in [9.17, 15) is 9.59 Å². The third-order valence-electron chi connectivity index (χ3n) is 3.33. The normalized spacial score (nSPS) is 13.6. The highest BCUT2D eigenvalue weighted by atomic mass is 16.4. The first-order chi connectivity index (χ1) is 9.54. The summed E-state index contributed by atoms with van der Waals surface area (Å²) in [5.74, 6) is -0.964. The molecule has 20 heavy (non-hydrogen) atoms. The van der Waals surface area contributed by atoms with E-state index in [2.05, 4.69) is 24.5 Å². The number of carboxylic acids is 1. The van der Waals surface area contributed by atoms with Crippen LogP contribution in [0.2, 0.25) is 0 Å². The van der Waals surface area contributed by atoms with Crippen LogP contribution in [-0.4, -0.2) is 29.2 Å². The highest BCUT2D eigenvalue weighted by Crippen LogP contribution is 2.07. The molecule has 118 valence electrons. The fraction of sp³-hybridized carbons (Fsp3) is 0.867. The van der Waals surface area contributed by atoms with Crippen molar-refractivity contribution in [2.45, 2.75) is 84.2 Å². The lowest BCUT2D eigenvalue weighted by atomic mass is 10.1. The largest absolute Gasteiger partial charge is 0.480 e. The summed E-state index contributed by atoms with van der Waals surface area (Å²) in [6.45, 7) is 6.20. The molecule has 0 aromatic rings. The van der Waals surface area contributed by atoms with Gasteiger partial charge in [-0.1, -0.05) is 52.9 Å². The summed E-state index contributed by atoms with van der Waals surface area (Å²) >= 11 is 0. The van der Waals surface area contributed by atoms with E-state index in [1.54, 1.807) is 0 Å². The van der Waals surface area contributed by atoms with Gasteiger partial charge in [0.1, 0.15) is 6.04 Å². The second-order valence-electron chi connectivity index (χ2n) is 5.28. The molecule has 0 fully saturated rings. The number of amides is 2. The maximum absolute atomic E-state index is 11.9. The van der Waals surface area contributed by atoms with Crippen LogP contribution in [0.25, 0.3) is 0 Å². The van der Waals surface area contributed by atoms with Gasteiger partial charge in [0.2, 0.25) is 0 Å². The number of hydrogen-bond donors (Lipinski definition) is 3. The lowest BCUT2D eigenvalue weighted by molar-refractivity contribution is -0.139. The zero-order valence-electron chi connectivity index (χ0n) is 13.1. The fourth-order valence-corrected chi connectivity index (χ4v) is 2.14. The summed E-state index contributed by atoms with van der Waals surface area (Å²) in [7, 11) is 0. The van der Waals surface area contributed by atoms with Crippen molar-refractivity contribution in [2.75, 3.05) is 0 Å². The third-order valence-corrected chi connectivity index (χ3v) is 3.33. The highest BCUT2D eigenvalue weighted by Gasteiger charge is 2.20. The summed E-state index contributed by atoms with van der Waals surface area (Å²) in [5, 5.41) is 14.6. The molecule has 0 aromatic heterocycles. The Labute approximate surface area is 122 Å². The van der Waals surface area contributed by atoms with E-state index in [4.69, 9.17) is 5.11 Å². The Balaban J connectivity index is 4.28. The maximum Gasteiger partial charge on any atom is 0.326 e. The number of urea groups is 1. The van der Waals surface area contributed by atoms with Gasteiger partial charge in [0, 0.05) is 6.04 Å². The summed E-state index contributed by atoms with van der Waals surface area (Å²) < 4.78 is 0. The summed E-state index contributed by atoms with van der Waals surface area (Å²) in [6, 6.07) is -1.01. The average Bonchev–Trinajstić information content (AvgIpc) is 2.40. The van der Waals surface area contributed by atoms with E-state index in [0.717, 1.165) is 44.9 Å². The minimum absolute atomic E-state index is 0.139. The molecule has 0 saturated heterocycles. The quantitative estimate of drug-likeness (QED) is 0.545. The number of unbranched alkanes of at least 4 members (excludes halogenated alkanes) is 2. The lowest BCUT2D eigenvalue weighted by Gasteiger charge is -2.20. The van der Waals surface area contributed by atoms with E-state index in [0.29, 0.717) is 6.42 Å². The number of nitrogens with one attached hydrogen (secondary N) is 2. The molecule has 0 radical (unpaired) electrons. The Hall–Kier alpha value is -1.26.